The van der Waals surface area contributed by atoms with Crippen LogP contribution in [0.1, 0.15) is 38.2 Å². The van der Waals surface area contributed by atoms with E-state index < -0.39 is 23.8 Å². The van der Waals surface area contributed by atoms with Crippen molar-refractivity contribution in [2.75, 3.05) is 5.32 Å². The van der Waals surface area contributed by atoms with Crippen molar-refractivity contribution in [3.05, 3.63) is 70.3 Å². The van der Waals surface area contributed by atoms with E-state index in [1.54, 1.807) is 45.0 Å². The van der Waals surface area contributed by atoms with Gasteiger partial charge in [0.2, 0.25) is 0 Å². The molecule has 0 unspecified atom stereocenters. The third-order valence-corrected chi connectivity index (χ3v) is 4.44. The second-order valence-corrected chi connectivity index (χ2v) is 8.12. The Morgan fingerprint density at radius 1 is 1.21 bits per heavy atom. The molecular weight excluding hydrogens is 445 g/mol. The van der Waals surface area contributed by atoms with Crippen LogP contribution in [0, 0.1) is 5.82 Å². The summed E-state index contributed by atoms with van der Waals surface area (Å²) in [5.41, 5.74) is 0.922. The largest absolute Gasteiger partial charge is 0.486 e. The van der Waals surface area contributed by atoms with Gasteiger partial charge in [-0.1, -0.05) is 28.1 Å². The zero-order valence-corrected chi connectivity index (χ0v) is 17.8. The Balaban J connectivity index is 1.67. The first-order chi connectivity index (χ1) is 13.7. The van der Waals surface area contributed by atoms with Crippen molar-refractivity contribution in [3.63, 3.8) is 0 Å². The number of hydrogen-bond acceptors (Lipinski definition) is 5. The molecule has 6 nitrogen and oxygen atoms in total. The molecule has 0 saturated carbocycles. The van der Waals surface area contributed by atoms with Gasteiger partial charge >= 0.3 is 6.09 Å². The normalized spacial score (nSPS) is 13.6. The minimum absolute atomic E-state index is 0.0628. The number of rotatable bonds is 5. The molecule has 0 bridgehead atoms. The van der Waals surface area contributed by atoms with Gasteiger partial charge in [0.25, 0.3) is 6.29 Å². The van der Waals surface area contributed by atoms with Gasteiger partial charge in [-0.05, 0) is 50.6 Å². The van der Waals surface area contributed by atoms with Gasteiger partial charge in [0.15, 0.2) is 11.6 Å². The predicted octanol–water partition coefficient (Wildman–Crippen LogP) is 6.03. The second-order valence-electron chi connectivity index (χ2n) is 7.27. The Hall–Kier alpha value is -2.74. The minimum Gasteiger partial charge on any atom is -0.486 e. The maximum atomic E-state index is 14.9. The van der Waals surface area contributed by atoms with E-state index in [2.05, 4.69) is 21.2 Å². The molecule has 0 aromatic heterocycles. The number of benzene rings is 2. The van der Waals surface area contributed by atoms with Crippen LogP contribution in [0.3, 0.4) is 0 Å². The highest BCUT2D eigenvalue weighted by Crippen LogP contribution is 2.36. The first-order valence-corrected chi connectivity index (χ1v) is 9.68. The van der Waals surface area contributed by atoms with Crippen molar-refractivity contribution in [3.8, 4) is 5.75 Å². The summed E-state index contributed by atoms with van der Waals surface area (Å²) in [6.45, 7) is 5.47. The van der Waals surface area contributed by atoms with Crippen LogP contribution >= 0.6 is 15.9 Å². The van der Waals surface area contributed by atoms with Gasteiger partial charge in [0.05, 0.1) is 5.56 Å². The van der Waals surface area contributed by atoms with Gasteiger partial charge < -0.3 is 18.9 Å². The van der Waals surface area contributed by atoms with E-state index >= 15 is 0 Å². The molecule has 1 aliphatic heterocycles. The predicted molar refractivity (Wildman–Crippen MR) is 109 cm³/mol. The van der Waals surface area contributed by atoms with Crippen molar-refractivity contribution >= 4 is 27.7 Å². The van der Waals surface area contributed by atoms with E-state index in [1.807, 2.05) is 6.07 Å². The lowest BCUT2D eigenvalue weighted by atomic mass is 10.2. The molecule has 1 aliphatic rings. The number of amides is 1. The summed E-state index contributed by atoms with van der Waals surface area (Å²) in [7, 11) is 0. The average molecular weight is 466 g/mol. The molecule has 2 aromatic carbocycles. The lowest BCUT2D eigenvalue weighted by Gasteiger charge is -2.19. The van der Waals surface area contributed by atoms with E-state index in [1.165, 1.54) is 18.6 Å². The molecule has 3 rings (SSSR count). The molecule has 8 heteroatoms. The first kappa shape index (κ1) is 21.0. The maximum absolute atomic E-state index is 14.9. The molecule has 0 radical (unpaired) electrons. The molecule has 0 saturated heterocycles. The lowest BCUT2D eigenvalue weighted by Crippen LogP contribution is -2.27. The van der Waals surface area contributed by atoms with E-state index in [0.29, 0.717) is 10.2 Å². The van der Waals surface area contributed by atoms with Gasteiger partial charge in [0, 0.05) is 10.2 Å². The number of carbonyl (C=O) groups excluding carboxylic acids is 1. The molecule has 1 N–H and O–H groups in total. The third kappa shape index (κ3) is 5.63. The molecule has 1 amide bonds. The van der Waals surface area contributed by atoms with Crippen LogP contribution in [-0.2, 0) is 20.8 Å². The summed E-state index contributed by atoms with van der Waals surface area (Å²) in [5, 5.41) is 2.67. The first-order valence-electron chi connectivity index (χ1n) is 8.88. The van der Waals surface area contributed by atoms with Crippen LogP contribution in [0.2, 0.25) is 0 Å². The average Bonchev–Trinajstić information content (AvgIpc) is 3.14. The summed E-state index contributed by atoms with van der Waals surface area (Å²) >= 11 is 3.30. The van der Waals surface area contributed by atoms with E-state index in [0.717, 1.165) is 5.56 Å². The molecule has 1 heterocycles. The quantitative estimate of drug-likeness (QED) is 0.583. The number of nitrogens with one attached hydrogen (secondary N) is 1. The summed E-state index contributed by atoms with van der Waals surface area (Å²) in [6, 6.07) is 10.2. The van der Waals surface area contributed by atoms with Crippen molar-refractivity contribution in [1.82, 2.24) is 0 Å². The summed E-state index contributed by atoms with van der Waals surface area (Å²) in [4.78, 5) is 11.9. The molecule has 0 spiro atoms. The fourth-order valence-electron chi connectivity index (χ4n) is 2.57. The Morgan fingerprint density at radius 2 is 1.93 bits per heavy atom. The molecular formula is C21H21BrFNO5. The van der Waals surface area contributed by atoms with Crippen molar-refractivity contribution < 1.29 is 28.1 Å². The van der Waals surface area contributed by atoms with Crippen molar-refractivity contribution in [2.45, 2.75) is 39.3 Å². The van der Waals surface area contributed by atoms with E-state index in [9.17, 15) is 9.18 Å². The van der Waals surface area contributed by atoms with Crippen LogP contribution in [0.5, 0.6) is 5.75 Å². The Kier molecular flexibility index (Phi) is 6.32. The molecule has 2 aromatic rings. The smallest absolute Gasteiger partial charge is 0.412 e. The van der Waals surface area contributed by atoms with Crippen molar-refractivity contribution in [1.29, 1.82) is 0 Å². The Morgan fingerprint density at radius 3 is 2.62 bits per heavy atom. The zero-order valence-electron chi connectivity index (χ0n) is 16.2. The molecule has 0 aliphatic carbocycles. The molecule has 0 atom stereocenters. The van der Waals surface area contributed by atoms with Crippen molar-refractivity contribution in [2.24, 2.45) is 0 Å². The number of carbonyl (C=O) groups is 1. The Bertz CT molecular complexity index is 918. The lowest BCUT2D eigenvalue weighted by molar-refractivity contribution is -0.0280. The summed E-state index contributed by atoms with van der Waals surface area (Å²) in [5.74, 6) is -0.510. The third-order valence-electron chi connectivity index (χ3n) is 3.75. The number of halogens is 2. The monoisotopic (exact) mass is 465 g/mol. The number of ether oxygens (including phenoxy) is 4. The zero-order chi connectivity index (χ0) is 21.0. The van der Waals surface area contributed by atoms with E-state index in [-0.39, 0.29) is 17.9 Å². The second kappa shape index (κ2) is 8.73. The van der Waals surface area contributed by atoms with Gasteiger partial charge in [-0.25, -0.2) is 9.18 Å². The molecule has 0 fully saturated rings. The highest BCUT2D eigenvalue weighted by molar-refractivity contribution is 9.10. The van der Waals surface area contributed by atoms with Crippen LogP contribution in [0.25, 0.3) is 0 Å². The topological polar surface area (TPSA) is 66.0 Å². The number of anilines is 1. The van der Waals surface area contributed by atoms with Gasteiger partial charge in [-0.3, -0.25) is 5.32 Å². The van der Waals surface area contributed by atoms with Crippen LogP contribution in [-0.4, -0.2) is 11.7 Å². The Labute approximate surface area is 176 Å². The standard InChI is InChI=1S/C21H21BrFNO5/c1-21(2,3)29-20(25)24-14-6-4-5-13(11-14)12-28-16-8-7-15(22)17(18(16)23)19-26-9-10-27-19/h4-11,19H,12H2,1-3H3,(H,24,25). The van der Waals surface area contributed by atoms with Crippen LogP contribution < -0.4 is 10.1 Å². The minimum atomic E-state index is -0.866. The molecule has 154 valence electrons. The van der Waals surface area contributed by atoms with E-state index in [4.69, 9.17) is 18.9 Å². The SMILES string of the molecule is CC(C)(C)OC(=O)Nc1cccc(COc2ccc(Br)c(C3OC=CO3)c2F)c1. The highest BCUT2D eigenvalue weighted by atomic mass is 79.9. The van der Waals surface area contributed by atoms with Crippen LogP contribution in [0.15, 0.2) is 53.4 Å². The van der Waals surface area contributed by atoms with Gasteiger partial charge in [-0.15, -0.1) is 0 Å². The number of hydrogen-bond donors (Lipinski definition) is 1. The fourth-order valence-corrected chi connectivity index (χ4v) is 3.07. The van der Waals surface area contributed by atoms with Gasteiger partial charge in [-0.2, -0.15) is 0 Å². The summed E-state index contributed by atoms with van der Waals surface area (Å²) in [6.07, 6.45) is 1.29. The molecule has 29 heavy (non-hydrogen) atoms. The maximum Gasteiger partial charge on any atom is 0.412 e. The van der Waals surface area contributed by atoms with Crippen LogP contribution in [0.4, 0.5) is 14.9 Å². The summed E-state index contributed by atoms with van der Waals surface area (Å²) < 4.78 is 36.7. The van der Waals surface area contributed by atoms with Gasteiger partial charge in [0.1, 0.15) is 24.7 Å². The highest BCUT2D eigenvalue weighted by Gasteiger charge is 2.26. The fraction of sp³-hybridized carbons (Fsp3) is 0.286.